The topological polar surface area (TPSA) is 127 Å². The smallest absolute Gasteiger partial charge is 0.343 e. The van der Waals surface area contributed by atoms with E-state index in [0.717, 1.165) is 11.1 Å². The minimum atomic E-state index is -0.809. The van der Waals surface area contributed by atoms with Crippen molar-refractivity contribution in [2.24, 2.45) is 0 Å². The van der Waals surface area contributed by atoms with E-state index in [4.69, 9.17) is 9.47 Å². The van der Waals surface area contributed by atoms with E-state index in [1.165, 1.54) is 24.5 Å². The monoisotopic (exact) mass is 740 g/mol. The molecular weight excluding hydrogens is 698 g/mol. The highest BCUT2D eigenvalue weighted by atomic mass is 19.1. The lowest BCUT2D eigenvalue weighted by molar-refractivity contribution is 0.0514. The standard InChI is InChI=1S/C40H42F2N6O6/c1-3-53-39(51)29-23-47(33-19-35(45-13-9-43-10-14-45)31(41)17-27(33)37(29)49)21-25-7-5-6-8-26(25)22-48-24-30(40(52)54-4-2)38(50)28-18-32(42)36(20-34(28)48)46-15-11-44-12-16-46/h5-8,17-20,23-24,43-44H,3-4,9-16,21-22H2,1-2H3. The van der Waals surface area contributed by atoms with Gasteiger partial charge in [0.25, 0.3) is 0 Å². The summed E-state index contributed by atoms with van der Waals surface area (Å²) in [7, 11) is 0. The molecule has 0 amide bonds. The second-order valence-corrected chi connectivity index (χ2v) is 13.3. The van der Waals surface area contributed by atoms with Gasteiger partial charge in [0.05, 0.1) is 35.6 Å². The van der Waals surface area contributed by atoms with E-state index >= 15 is 8.78 Å². The van der Waals surface area contributed by atoms with Crippen LogP contribution in [-0.4, -0.2) is 86.6 Å². The molecule has 54 heavy (non-hydrogen) atoms. The summed E-state index contributed by atoms with van der Waals surface area (Å²) in [5.74, 6) is -2.74. The van der Waals surface area contributed by atoms with Crippen LogP contribution in [-0.2, 0) is 22.6 Å². The third-order valence-electron chi connectivity index (χ3n) is 10.0. The Hall–Kier alpha value is -5.60. The van der Waals surface area contributed by atoms with Crippen LogP contribution in [0.1, 0.15) is 45.7 Å². The molecule has 0 unspecified atom stereocenters. The van der Waals surface area contributed by atoms with Crippen LogP contribution in [0.3, 0.4) is 0 Å². The molecule has 5 aromatic rings. The van der Waals surface area contributed by atoms with Gasteiger partial charge < -0.3 is 39.0 Å². The molecule has 0 radical (unpaired) electrons. The van der Waals surface area contributed by atoms with Crippen molar-refractivity contribution in [3.63, 3.8) is 0 Å². The molecule has 2 saturated heterocycles. The zero-order valence-corrected chi connectivity index (χ0v) is 30.3. The lowest BCUT2D eigenvalue weighted by atomic mass is 10.0. The van der Waals surface area contributed by atoms with Crippen molar-refractivity contribution in [2.75, 3.05) is 75.4 Å². The maximum absolute atomic E-state index is 15.7. The second kappa shape index (κ2) is 15.8. The van der Waals surface area contributed by atoms with E-state index < -0.39 is 34.4 Å². The van der Waals surface area contributed by atoms with E-state index in [1.807, 2.05) is 34.1 Å². The number of carbonyl (C=O) groups is 2. The summed E-state index contributed by atoms with van der Waals surface area (Å²) in [6.45, 7) is 8.76. The van der Waals surface area contributed by atoms with E-state index in [-0.39, 0.29) is 48.2 Å². The molecular formula is C40H42F2N6O6. The first-order valence-corrected chi connectivity index (χ1v) is 18.2. The third-order valence-corrected chi connectivity index (χ3v) is 10.0. The molecule has 14 heteroatoms. The molecule has 12 nitrogen and oxygen atoms in total. The molecule has 7 rings (SSSR count). The van der Waals surface area contributed by atoms with Crippen LogP contribution in [0, 0.1) is 11.6 Å². The van der Waals surface area contributed by atoms with Gasteiger partial charge in [-0.05, 0) is 49.2 Å². The van der Waals surface area contributed by atoms with Crippen molar-refractivity contribution in [3.05, 3.63) is 115 Å². The molecule has 3 aromatic carbocycles. The van der Waals surface area contributed by atoms with Gasteiger partial charge in [-0.1, -0.05) is 24.3 Å². The second-order valence-electron chi connectivity index (χ2n) is 13.3. The number of rotatable bonds is 10. The summed E-state index contributed by atoms with van der Waals surface area (Å²) in [6, 6.07) is 13.2. The molecule has 2 fully saturated rings. The Labute approximate surface area is 309 Å². The zero-order valence-electron chi connectivity index (χ0n) is 30.3. The highest BCUT2D eigenvalue weighted by molar-refractivity contribution is 5.95. The molecule has 0 saturated carbocycles. The molecule has 4 heterocycles. The van der Waals surface area contributed by atoms with Crippen molar-refractivity contribution < 1.29 is 27.8 Å². The Kier molecular flexibility index (Phi) is 10.7. The molecule has 0 atom stereocenters. The Bertz CT molecular complexity index is 2200. The number of carbonyl (C=O) groups excluding carboxylic acids is 2. The number of esters is 2. The van der Waals surface area contributed by atoms with Crippen molar-refractivity contribution in [1.29, 1.82) is 0 Å². The number of fused-ring (bicyclic) bond motifs is 2. The van der Waals surface area contributed by atoms with E-state index in [2.05, 4.69) is 10.6 Å². The third kappa shape index (κ3) is 7.18. The van der Waals surface area contributed by atoms with Gasteiger partial charge in [-0.3, -0.25) is 9.59 Å². The van der Waals surface area contributed by atoms with Crippen molar-refractivity contribution >= 4 is 45.1 Å². The number of hydrogen-bond donors (Lipinski definition) is 2. The lowest BCUT2D eigenvalue weighted by Crippen LogP contribution is -2.44. The first-order valence-electron chi connectivity index (χ1n) is 18.2. The van der Waals surface area contributed by atoms with Crippen LogP contribution < -0.4 is 31.3 Å². The molecule has 0 bridgehead atoms. The average Bonchev–Trinajstić information content (AvgIpc) is 3.18. The fourth-order valence-electron chi connectivity index (χ4n) is 7.30. The summed E-state index contributed by atoms with van der Waals surface area (Å²) in [4.78, 5) is 57.2. The summed E-state index contributed by atoms with van der Waals surface area (Å²) in [6.07, 6.45) is 2.91. The number of pyridine rings is 2. The first-order chi connectivity index (χ1) is 26.2. The average molecular weight is 741 g/mol. The SMILES string of the molecule is CCOC(=O)c1cn(Cc2ccccc2Cn2cc(C(=O)OCC)c(=O)c3cc(F)c(N4CCNCC4)cc32)c2cc(N3CCNCC3)c(F)cc2c1=O. The van der Waals surface area contributed by atoms with Crippen molar-refractivity contribution in [3.8, 4) is 0 Å². The van der Waals surface area contributed by atoms with Gasteiger partial charge in [0.15, 0.2) is 0 Å². The Morgan fingerprint density at radius 1 is 0.648 bits per heavy atom. The van der Waals surface area contributed by atoms with Crippen LogP contribution in [0.4, 0.5) is 20.2 Å². The minimum absolute atomic E-state index is 0.0439. The van der Waals surface area contributed by atoms with Crippen molar-refractivity contribution in [2.45, 2.75) is 26.9 Å². The number of benzene rings is 3. The summed E-state index contributed by atoms with van der Waals surface area (Å²) >= 11 is 0. The number of nitrogens with zero attached hydrogens (tertiary/aromatic N) is 4. The van der Waals surface area contributed by atoms with Crippen LogP contribution in [0.15, 0.2) is 70.5 Å². The predicted octanol–water partition coefficient (Wildman–Crippen LogP) is 3.86. The number of ether oxygens (including phenoxy) is 2. The van der Waals surface area contributed by atoms with E-state index in [0.29, 0.717) is 74.8 Å². The quantitative estimate of drug-likeness (QED) is 0.204. The van der Waals surface area contributed by atoms with Gasteiger partial charge in [0.1, 0.15) is 22.8 Å². The number of hydrogen-bond acceptors (Lipinski definition) is 10. The van der Waals surface area contributed by atoms with Crippen LogP contribution in [0.2, 0.25) is 0 Å². The lowest BCUT2D eigenvalue weighted by Gasteiger charge is -2.30. The summed E-state index contributed by atoms with van der Waals surface area (Å²) in [5.41, 5.74) is 1.45. The Morgan fingerprint density at radius 3 is 1.41 bits per heavy atom. The van der Waals surface area contributed by atoms with Gasteiger partial charge >= 0.3 is 11.9 Å². The largest absolute Gasteiger partial charge is 0.462 e. The molecule has 282 valence electrons. The fourth-order valence-corrected chi connectivity index (χ4v) is 7.30. The van der Waals surface area contributed by atoms with Gasteiger partial charge in [-0.25, -0.2) is 18.4 Å². The van der Waals surface area contributed by atoms with Crippen molar-refractivity contribution in [1.82, 2.24) is 19.8 Å². The minimum Gasteiger partial charge on any atom is -0.462 e. The maximum atomic E-state index is 15.7. The molecule has 2 aliphatic rings. The number of piperazine rings is 2. The first kappa shape index (κ1) is 36.7. The molecule has 0 aliphatic carbocycles. The highest BCUT2D eigenvalue weighted by Gasteiger charge is 2.24. The summed E-state index contributed by atoms with van der Waals surface area (Å²) < 4.78 is 45.3. The highest BCUT2D eigenvalue weighted by Crippen LogP contribution is 2.29. The van der Waals surface area contributed by atoms with Gasteiger partial charge in [0, 0.05) is 88.6 Å². The van der Waals surface area contributed by atoms with Gasteiger partial charge in [0.2, 0.25) is 10.9 Å². The number of nitrogens with one attached hydrogen (secondary N) is 2. The zero-order chi connectivity index (χ0) is 37.9. The van der Waals surface area contributed by atoms with Crippen LogP contribution in [0.25, 0.3) is 21.8 Å². The molecule has 2 aromatic heterocycles. The number of anilines is 2. The number of aromatic nitrogens is 2. The Balaban J connectivity index is 1.37. The van der Waals surface area contributed by atoms with Gasteiger partial charge in [-0.2, -0.15) is 0 Å². The fraction of sp³-hybridized carbons (Fsp3) is 0.350. The predicted molar refractivity (Wildman–Crippen MR) is 203 cm³/mol. The van der Waals surface area contributed by atoms with Crippen LogP contribution >= 0.6 is 0 Å². The van der Waals surface area contributed by atoms with E-state index in [1.54, 1.807) is 35.1 Å². The molecule has 0 spiro atoms. The molecule has 2 aliphatic heterocycles. The van der Waals surface area contributed by atoms with Gasteiger partial charge in [-0.15, -0.1) is 0 Å². The van der Waals surface area contributed by atoms with Crippen LogP contribution in [0.5, 0.6) is 0 Å². The number of halogens is 2. The molecule has 2 N–H and O–H groups in total. The summed E-state index contributed by atoms with van der Waals surface area (Å²) in [5, 5.41) is 6.62. The normalized spacial score (nSPS) is 14.8. The maximum Gasteiger partial charge on any atom is 0.343 e. The van der Waals surface area contributed by atoms with E-state index in [9.17, 15) is 19.2 Å². The Morgan fingerprint density at radius 2 is 1.04 bits per heavy atom.